The number of aryl methyl sites for hydroxylation is 2. The molecular formula is C16H21N3O5S. The lowest BCUT2D eigenvalue weighted by atomic mass is 10.1. The third-order valence-electron chi connectivity index (χ3n) is 3.44. The van der Waals surface area contributed by atoms with E-state index in [2.05, 4.69) is 14.9 Å². The molecule has 0 fully saturated rings. The minimum atomic E-state index is -3.85. The lowest BCUT2D eigenvalue weighted by molar-refractivity contribution is -0.148. The maximum Gasteiger partial charge on any atom is 0.324 e. The summed E-state index contributed by atoms with van der Waals surface area (Å²) >= 11 is 0. The quantitative estimate of drug-likeness (QED) is 0.742. The van der Waals surface area contributed by atoms with E-state index < -0.39 is 22.0 Å². The molecule has 0 amide bonds. The molecule has 0 aliphatic carbocycles. The largest absolute Gasteiger partial charge is 0.454 e. The van der Waals surface area contributed by atoms with Gasteiger partial charge in [-0.3, -0.25) is 4.79 Å². The fourth-order valence-corrected chi connectivity index (χ4v) is 3.36. The van der Waals surface area contributed by atoms with E-state index in [9.17, 15) is 13.2 Å². The molecule has 1 heterocycles. The Balaban J connectivity index is 2.08. The number of aromatic nitrogens is 2. The average molecular weight is 367 g/mol. The van der Waals surface area contributed by atoms with Crippen molar-refractivity contribution in [2.75, 3.05) is 0 Å². The molecule has 1 N–H and O–H groups in total. The average Bonchev–Trinajstić information content (AvgIpc) is 2.96. The fraction of sp³-hybridized carbons (Fsp3) is 0.438. The number of ether oxygens (including phenoxy) is 1. The van der Waals surface area contributed by atoms with E-state index in [1.165, 1.54) is 12.1 Å². The Morgan fingerprint density at radius 2 is 1.84 bits per heavy atom. The molecule has 0 saturated heterocycles. The van der Waals surface area contributed by atoms with Gasteiger partial charge in [-0.05, 0) is 25.0 Å². The van der Waals surface area contributed by atoms with Crippen LogP contribution in [0.5, 0.6) is 0 Å². The van der Waals surface area contributed by atoms with Crippen LogP contribution in [0.15, 0.2) is 33.6 Å². The highest BCUT2D eigenvalue weighted by atomic mass is 32.2. The summed E-state index contributed by atoms with van der Waals surface area (Å²) < 4.78 is 37.6. The number of nitrogens with one attached hydrogen (secondary N) is 1. The van der Waals surface area contributed by atoms with Crippen molar-refractivity contribution in [1.29, 1.82) is 0 Å². The zero-order chi connectivity index (χ0) is 18.6. The summed E-state index contributed by atoms with van der Waals surface area (Å²) in [5.41, 5.74) is 0.939. The summed E-state index contributed by atoms with van der Waals surface area (Å²) in [6.07, 6.45) is 0. The van der Waals surface area contributed by atoms with Crippen LogP contribution < -0.4 is 4.72 Å². The molecule has 136 valence electrons. The lowest BCUT2D eigenvalue weighted by Crippen LogP contribution is -2.45. The maximum absolute atomic E-state index is 12.5. The summed E-state index contributed by atoms with van der Waals surface area (Å²) in [6.45, 7) is 6.71. The van der Waals surface area contributed by atoms with Gasteiger partial charge in [-0.25, -0.2) is 8.42 Å². The highest BCUT2D eigenvalue weighted by Gasteiger charge is 2.30. The number of nitrogens with zero attached hydrogens (tertiary/aromatic N) is 2. The summed E-state index contributed by atoms with van der Waals surface area (Å²) in [7, 11) is -3.85. The van der Waals surface area contributed by atoms with Crippen molar-refractivity contribution < 1.29 is 22.4 Å². The summed E-state index contributed by atoms with van der Waals surface area (Å²) in [5.74, 6) is -0.514. The van der Waals surface area contributed by atoms with Gasteiger partial charge >= 0.3 is 5.97 Å². The van der Waals surface area contributed by atoms with Crippen molar-refractivity contribution in [2.45, 2.75) is 45.2 Å². The molecule has 0 radical (unpaired) electrons. The first-order valence-electron chi connectivity index (χ1n) is 7.73. The van der Waals surface area contributed by atoms with E-state index in [-0.39, 0.29) is 23.3 Å². The van der Waals surface area contributed by atoms with E-state index in [1.54, 1.807) is 32.9 Å². The summed E-state index contributed by atoms with van der Waals surface area (Å²) in [5, 5.41) is 7.35. The molecule has 0 bridgehead atoms. The van der Waals surface area contributed by atoms with Gasteiger partial charge in [-0.1, -0.05) is 31.5 Å². The molecular weight excluding hydrogens is 346 g/mol. The van der Waals surface area contributed by atoms with Gasteiger partial charge in [0.1, 0.15) is 6.04 Å². The molecule has 1 atom stereocenters. The fourth-order valence-electron chi connectivity index (χ4n) is 2.03. The zero-order valence-corrected chi connectivity index (χ0v) is 15.3. The standard InChI is InChI=1S/C16H21N3O5S/c1-10(2)15(16(20)23-9-14-18-17-12(4)24-14)19-25(21,22)13-7-5-11(3)6-8-13/h5-8,10,15,19H,9H2,1-4H3. The van der Waals surface area contributed by atoms with E-state index in [4.69, 9.17) is 9.15 Å². The molecule has 9 heteroatoms. The number of carbonyl (C=O) groups excluding carboxylic acids is 1. The molecule has 1 aromatic carbocycles. The summed E-state index contributed by atoms with van der Waals surface area (Å²) in [6, 6.07) is 5.32. The second-order valence-corrected chi connectivity index (χ2v) is 7.69. The lowest BCUT2D eigenvalue weighted by Gasteiger charge is -2.20. The molecule has 0 aliphatic heterocycles. The van der Waals surface area contributed by atoms with Crippen LogP contribution >= 0.6 is 0 Å². The van der Waals surface area contributed by atoms with Crippen molar-refractivity contribution in [3.63, 3.8) is 0 Å². The van der Waals surface area contributed by atoms with Gasteiger partial charge in [-0.15, -0.1) is 10.2 Å². The van der Waals surface area contributed by atoms with Gasteiger partial charge < -0.3 is 9.15 Å². The number of sulfonamides is 1. The van der Waals surface area contributed by atoms with Crippen LogP contribution in [0.4, 0.5) is 0 Å². The highest BCUT2D eigenvalue weighted by Crippen LogP contribution is 2.14. The molecule has 2 aromatic rings. The van der Waals surface area contributed by atoms with Crippen LogP contribution in [-0.2, 0) is 26.2 Å². The van der Waals surface area contributed by atoms with Crippen molar-refractivity contribution in [3.05, 3.63) is 41.6 Å². The third kappa shape index (κ3) is 5.10. The van der Waals surface area contributed by atoms with E-state index in [1.807, 2.05) is 6.92 Å². The second-order valence-electron chi connectivity index (χ2n) is 5.98. The van der Waals surface area contributed by atoms with Crippen molar-refractivity contribution in [1.82, 2.24) is 14.9 Å². The predicted molar refractivity (Wildman–Crippen MR) is 89.0 cm³/mol. The molecule has 8 nitrogen and oxygen atoms in total. The first-order chi connectivity index (χ1) is 11.7. The molecule has 0 saturated carbocycles. The first kappa shape index (κ1) is 19.1. The first-order valence-corrected chi connectivity index (χ1v) is 9.22. The molecule has 0 spiro atoms. The van der Waals surface area contributed by atoms with E-state index >= 15 is 0 Å². The third-order valence-corrected chi connectivity index (χ3v) is 4.90. The predicted octanol–water partition coefficient (Wildman–Crippen LogP) is 1.73. The number of hydrogen-bond acceptors (Lipinski definition) is 7. The number of benzene rings is 1. The second kappa shape index (κ2) is 7.75. The van der Waals surface area contributed by atoms with Gasteiger partial charge in [-0.2, -0.15) is 4.72 Å². The number of carbonyl (C=O) groups is 1. The van der Waals surface area contributed by atoms with Crippen LogP contribution in [-0.4, -0.2) is 30.6 Å². The number of hydrogen-bond donors (Lipinski definition) is 1. The zero-order valence-electron chi connectivity index (χ0n) is 14.5. The maximum atomic E-state index is 12.5. The molecule has 1 aromatic heterocycles. The number of esters is 1. The van der Waals surface area contributed by atoms with Crippen LogP contribution in [0.1, 0.15) is 31.2 Å². The Bertz CT molecular complexity index is 828. The Morgan fingerprint density at radius 3 is 2.36 bits per heavy atom. The van der Waals surface area contributed by atoms with Crippen molar-refractivity contribution in [2.24, 2.45) is 5.92 Å². The monoisotopic (exact) mass is 367 g/mol. The van der Waals surface area contributed by atoms with Gasteiger partial charge in [0.15, 0.2) is 6.61 Å². The Morgan fingerprint density at radius 1 is 1.20 bits per heavy atom. The van der Waals surface area contributed by atoms with Gasteiger partial charge in [0.05, 0.1) is 4.90 Å². The van der Waals surface area contributed by atoms with Crippen molar-refractivity contribution >= 4 is 16.0 Å². The van der Waals surface area contributed by atoms with Crippen molar-refractivity contribution in [3.8, 4) is 0 Å². The molecule has 25 heavy (non-hydrogen) atoms. The van der Waals surface area contributed by atoms with Gasteiger partial charge in [0, 0.05) is 6.92 Å². The summed E-state index contributed by atoms with van der Waals surface area (Å²) in [4.78, 5) is 12.4. The van der Waals surface area contributed by atoms with Crippen LogP contribution in [0.2, 0.25) is 0 Å². The van der Waals surface area contributed by atoms with Crippen LogP contribution in [0, 0.1) is 19.8 Å². The Labute approximate surface area is 146 Å². The Hall–Kier alpha value is -2.26. The minimum absolute atomic E-state index is 0.0871. The van der Waals surface area contributed by atoms with Gasteiger partial charge in [0.25, 0.3) is 5.89 Å². The van der Waals surface area contributed by atoms with Crippen LogP contribution in [0.3, 0.4) is 0 Å². The van der Waals surface area contributed by atoms with E-state index in [0.29, 0.717) is 5.89 Å². The smallest absolute Gasteiger partial charge is 0.324 e. The van der Waals surface area contributed by atoms with Gasteiger partial charge in [0.2, 0.25) is 15.9 Å². The Kier molecular flexibility index (Phi) is 5.91. The number of rotatable bonds is 7. The van der Waals surface area contributed by atoms with Crippen LogP contribution in [0.25, 0.3) is 0 Å². The normalized spacial score (nSPS) is 13.0. The topological polar surface area (TPSA) is 111 Å². The SMILES string of the molecule is Cc1ccc(S(=O)(=O)NC(C(=O)OCc2nnc(C)o2)C(C)C)cc1. The molecule has 2 rings (SSSR count). The molecule has 1 unspecified atom stereocenters. The molecule has 0 aliphatic rings. The highest BCUT2D eigenvalue weighted by molar-refractivity contribution is 7.89. The van der Waals surface area contributed by atoms with E-state index in [0.717, 1.165) is 5.56 Å². The minimum Gasteiger partial charge on any atom is -0.454 e.